The quantitative estimate of drug-likeness (QED) is 0.885. The first kappa shape index (κ1) is 13.5. The Kier molecular flexibility index (Phi) is 3.85. The number of hydrogen-bond donors (Lipinski definition) is 2. The van der Waals surface area contributed by atoms with Crippen molar-refractivity contribution in [3.8, 4) is 0 Å². The standard InChI is InChI=1S/C14H19N3O2/c1-4-8(2)13(15)14(18)17-10-5-6-12-11(7-10)16-9(3)19-12/h5-8,13H,4,15H2,1-3H3,(H,17,18)/t8-,13-/m0/s1. The molecule has 2 aromatic rings. The third kappa shape index (κ3) is 2.93. The predicted molar refractivity (Wildman–Crippen MR) is 74.8 cm³/mol. The van der Waals surface area contributed by atoms with Gasteiger partial charge in [0.05, 0.1) is 6.04 Å². The molecular weight excluding hydrogens is 242 g/mol. The summed E-state index contributed by atoms with van der Waals surface area (Å²) in [6.07, 6.45) is 0.871. The molecular formula is C14H19N3O2. The fourth-order valence-electron chi connectivity index (χ4n) is 1.86. The number of anilines is 1. The van der Waals surface area contributed by atoms with E-state index in [4.69, 9.17) is 10.2 Å². The van der Waals surface area contributed by atoms with Gasteiger partial charge in [-0.25, -0.2) is 4.98 Å². The van der Waals surface area contributed by atoms with Crippen LogP contribution in [0.1, 0.15) is 26.2 Å². The van der Waals surface area contributed by atoms with Crippen molar-refractivity contribution >= 4 is 22.7 Å². The highest BCUT2D eigenvalue weighted by Crippen LogP contribution is 2.20. The summed E-state index contributed by atoms with van der Waals surface area (Å²) in [6.45, 7) is 5.77. The van der Waals surface area contributed by atoms with E-state index in [2.05, 4.69) is 10.3 Å². The van der Waals surface area contributed by atoms with Crippen molar-refractivity contribution in [1.29, 1.82) is 0 Å². The molecule has 2 rings (SSSR count). The Morgan fingerprint density at radius 2 is 2.26 bits per heavy atom. The molecule has 0 saturated carbocycles. The summed E-state index contributed by atoms with van der Waals surface area (Å²) in [4.78, 5) is 16.2. The second-order valence-corrected chi connectivity index (χ2v) is 4.82. The zero-order chi connectivity index (χ0) is 14.0. The lowest BCUT2D eigenvalue weighted by Gasteiger charge is -2.17. The summed E-state index contributed by atoms with van der Waals surface area (Å²) < 4.78 is 5.38. The van der Waals surface area contributed by atoms with Crippen LogP contribution >= 0.6 is 0 Å². The van der Waals surface area contributed by atoms with Gasteiger partial charge in [-0.2, -0.15) is 0 Å². The molecule has 1 heterocycles. The van der Waals surface area contributed by atoms with Gasteiger partial charge in [0.1, 0.15) is 5.52 Å². The number of benzene rings is 1. The lowest BCUT2D eigenvalue weighted by Crippen LogP contribution is -2.40. The van der Waals surface area contributed by atoms with Crippen LogP contribution in [0.2, 0.25) is 0 Å². The topological polar surface area (TPSA) is 81.2 Å². The second kappa shape index (κ2) is 5.40. The Morgan fingerprint density at radius 3 is 2.95 bits per heavy atom. The number of rotatable bonds is 4. The lowest BCUT2D eigenvalue weighted by molar-refractivity contribution is -0.118. The van der Waals surface area contributed by atoms with E-state index in [0.29, 0.717) is 17.2 Å². The first-order valence-electron chi connectivity index (χ1n) is 6.45. The molecule has 0 aliphatic rings. The molecule has 0 spiro atoms. The van der Waals surface area contributed by atoms with E-state index in [1.807, 2.05) is 13.8 Å². The number of nitrogens with one attached hydrogen (secondary N) is 1. The lowest BCUT2D eigenvalue weighted by atomic mass is 9.99. The van der Waals surface area contributed by atoms with E-state index >= 15 is 0 Å². The van der Waals surface area contributed by atoms with Gasteiger partial charge in [0, 0.05) is 12.6 Å². The summed E-state index contributed by atoms with van der Waals surface area (Å²) in [5.74, 6) is 0.585. The number of oxazole rings is 1. The number of amides is 1. The minimum atomic E-state index is -0.500. The molecule has 19 heavy (non-hydrogen) atoms. The fraction of sp³-hybridized carbons (Fsp3) is 0.429. The predicted octanol–water partition coefficient (Wildman–Crippen LogP) is 2.45. The van der Waals surface area contributed by atoms with Gasteiger partial charge in [-0.05, 0) is 24.1 Å². The van der Waals surface area contributed by atoms with Gasteiger partial charge in [-0.3, -0.25) is 4.79 Å². The molecule has 0 aliphatic carbocycles. The van der Waals surface area contributed by atoms with Gasteiger partial charge in [0.2, 0.25) is 5.91 Å². The Morgan fingerprint density at radius 1 is 1.53 bits per heavy atom. The molecule has 5 heteroatoms. The number of nitrogens with two attached hydrogens (primary N) is 1. The maximum atomic E-state index is 12.0. The molecule has 3 N–H and O–H groups in total. The molecule has 0 unspecified atom stereocenters. The molecule has 0 saturated heterocycles. The number of nitrogens with zero attached hydrogens (tertiary/aromatic N) is 1. The Hall–Kier alpha value is -1.88. The average Bonchev–Trinajstić information content (AvgIpc) is 2.76. The minimum absolute atomic E-state index is 0.151. The van der Waals surface area contributed by atoms with Crippen molar-refractivity contribution < 1.29 is 9.21 Å². The minimum Gasteiger partial charge on any atom is -0.441 e. The van der Waals surface area contributed by atoms with E-state index in [-0.39, 0.29) is 11.8 Å². The third-order valence-corrected chi connectivity index (χ3v) is 3.32. The monoisotopic (exact) mass is 261 g/mol. The van der Waals surface area contributed by atoms with Crippen LogP contribution in [0.25, 0.3) is 11.1 Å². The van der Waals surface area contributed by atoms with Crippen molar-refractivity contribution in [3.05, 3.63) is 24.1 Å². The number of carbonyl (C=O) groups excluding carboxylic acids is 1. The zero-order valence-corrected chi connectivity index (χ0v) is 11.4. The largest absolute Gasteiger partial charge is 0.441 e. The second-order valence-electron chi connectivity index (χ2n) is 4.82. The maximum absolute atomic E-state index is 12.0. The first-order valence-corrected chi connectivity index (χ1v) is 6.45. The molecule has 102 valence electrons. The van der Waals surface area contributed by atoms with Gasteiger partial charge in [0.25, 0.3) is 0 Å². The summed E-state index contributed by atoms with van der Waals surface area (Å²) >= 11 is 0. The van der Waals surface area contributed by atoms with Crippen molar-refractivity contribution in [2.45, 2.75) is 33.2 Å². The van der Waals surface area contributed by atoms with E-state index in [1.165, 1.54) is 0 Å². The van der Waals surface area contributed by atoms with Crippen LogP contribution in [0.5, 0.6) is 0 Å². The maximum Gasteiger partial charge on any atom is 0.241 e. The van der Waals surface area contributed by atoms with Gasteiger partial charge in [-0.1, -0.05) is 20.3 Å². The first-order chi connectivity index (χ1) is 9.01. The molecule has 0 aliphatic heterocycles. The third-order valence-electron chi connectivity index (χ3n) is 3.32. The Balaban J connectivity index is 2.14. The Labute approximate surface area is 112 Å². The number of carbonyl (C=O) groups is 1. The van der Waals surface area contributed by atoms with E-state index in [9.17, 15) is 4.79 Å². The van der Waals surface area contributed by atoms with Gasteiger partial charge >= 0.3 is 0 Å². The zero-order valence-electron chi connectivity index (χ0n) is 11.4. The average molecular weight is 261 g/mol. The van der Waals surface area contributed by atoms with Crippen LogP contribution in [0, 0.1) is 12.8 Å². The summed E-state index contributed by atoms with van der Waals surface area (Å²) in [7, 11) is 0. The van der Waals surface area contributed by atoms with Crippen LogP contribution < -0.4 is 11.1 Å². The number of fused-ring (bicyclic) bond motifs is 1. The summed E-state index contributed by atoms with van der Waals surface area (Å²) in [6, 6.07) is 4.86. The van der Waals surface area contributed by atoms with E-state index in [1.54, 1.807) is 25.1 Å². The van der Waals surface area contributed by atoms with Crippen LogP contribution in [0.4, 0.5) is 5.69 Å². The van der Waals surface area contributed by atoms with E-state index < -0.39 is 6.04 Å². The number of aryl methyl sites for hydroxylation is 1. The summed E-state index contributed by atoms with van der Waals surface area (Å²) in [5, 5.41) is 2.81. The molecule has 5 nitrogen and oxygen atoms in total. The Bertz CT molecular complexity index is 591. The highest BCUT2D eigenvalue weighted by molar-refractivity contribution is 5.96. The molecule has 0 radical (unpaired) electrons. The number of hydrogen-bond acceptors (Lipinski definition) is 4. The van der Waals surface area contributed by atoms with E-state index in [0.717, 1.165) is 11.9 Å². The smallest absolute Gasteiger partial charge is 0.241 e. The SMILES string of the molecule is CC[C@H](C)[C@H](N)C(=O)Nc1ccc2oc(C)nc2c1. The number of aromatic nitrogens is 1. The molecule has 0 fully saturated rings. The summed E-state index contributed by atoms with van der Waals surface area (Å²) in [5.41, 5.74) is 8.01. The molecule has 1 amide bonds. The van der Waals surface area contributed by atoms with Crippen molar-refractivity contribution in [3.63, 3.8) is 0 Å². The van der Waals surface area contributed by atoms with Crippen molar-refractivity contribution in [2.24, 2.45) is 11.7 Å². The van der Waals surface area contributed by atoms with Crippen molar-refractivity contribution in [1.82, 2.24) is 4.98 Å². The van der Waals surface area contributed by atoms with Gasteiger partial charge in [-0.15, -0.1) is 0 Å². The highest BCUT2D eigenvalue weighted by atomic mass is 16.3. The van der Waals surface area contributed by atoms with Crippen LogP contribution in [0.15, 0.2) is 22.6 Å². The normalized spacial score (nSPS) is 14.3. The van der Waals surface area contributed by atoms with Crippen LogP contribution in [-0.2, 0) is 4.79 Å². The fourth-order valence-corrected chi connectivity index (χ4v) is 1.86. The molecule has 2 atom stereocenters. The van der Waals surface area contributed by atoms with Gasteiger partial charge < -0.3 is 15.5 Å². The highest BCUT2D eigenvalue weighted by Gasteiger charge is 2.19. The van der Waals surface area contributed by atoms with Crippen LogP contribution in [-0.4, -0.2) is 16.9 Å². The van der Waals surface area contributed by atoms with Crippen LogP contribution in [0.3, 0.4) is 0 Å². The molecule has 1 aromatic heterocycles. The molecule has 0 bridgehead atoms. The van der Waals surface area contributed by atoms with Crippen molar-refractivity contribution in [2.75, 3.05) is 5.32 Å². The van der Waals surface area contributed by atoms with Gasteiger partial charge in [0.15, 0.2) is 11.5 Å². The molecule has 1 aromatic carbocycles.